The van der Waals surface area contributed by atoms with Crippen molar-refractivity contribution in [1.29, 1.82) is 0 Å². The number of methoxy groups -OCH3 is 1. The van der Waals surface area contributed by atoms with Crippen LogP contribution in [-0.2, 0) is 20.8 Å². The van der Waals surface area contributed by atoms with E-state index in [0.29, 0.717) is 32.2 Å². The first-order chi connectivity index (χ1) is 12.6. The zero-order valence-corrected chi connectivity index (χ0v) is 15.4. The average Bonchev–Trinajstić information content (AvgIpc) is 3.17. The molecule has 3 rings (SSSR count). The summed E-state index contributed by atoms with van der Waals surface area (Å²) in [6, 6.07) is 4.77. The normalized spacial score (nSPS) is 21.7. The van der Waals surface area contributed by atoms with Gasteiger partial charge in [-0.2, -0.15) is 0 Å². The number of piperidine rings is 1. The monoisotopic (exact) mass is 366 g/mol. The summed E-state index contributed by atoms with van der Waals surface area (Å²) in [6.45, 7) is 3.74. The third kappa shape index (κ3) is 4.72. The van der Waals surface area contributed by atoms with Gasteiger partial charge in [0.15, 0.2) is 17.9 Å². The molecule has 0 bridgehead atoms. The molecule has 6 nitrogen and oxygen atoms in total. The SMILES string of the molecule is COc1ccc(CN(C)C(=O)CN2CCCC(C3OCCO3)C2)cc1F. The van der Waals surface area contributed by atoms with Gasteiger partial charge in [0.25, 0.3) is 0 Å². The van der Waals surface area contributed by atoms with Crippen LogP contribution < -0.4 is 4.74 Å². The van der Waals surface area contributed by atoms with Crippen LogP contribution in [-0.4, -0.2) is 69.0 Å². The lowest BCUT2D eigenvalue weighted by Crippen LogP contribution is -2.45. The van der Waals surface area contributed by atoms with Gasteiger partial charge in [0.2, 0.25) is 5.91 Å². The van der Waals surface area contributed by atoms with Crippen LogP contribution in [0.1, 0.15) is 18.4 Å². The summed E-state index contributed by atoms with van der Waals surface area (Å²) in [4.78, 5) is 16.3. The highest BCUT2D eigenvalue weighted by Gasteiger charge is 2.31. The molecule has 26 heavy (non-hydrogen) atoms. The van der Waals surface area contributed by atoms with Gasteiger partial charge in [0, 0.05) is 26.1 Å². The van der Waals surface area contributed by atoms with Crippen LogP contribution in [0.5, 0.6) is 5.75 Å². The lowest BCUT2D eigenvalue weighted by molar-refractivity contribution is -0.134. The average molecular weight is 366 g/mol. The molecule has 1 aromatic rings. The van der Waals surface area contributed by atoms with Crippen LogP contribution in [0.4, 0.5) is 4.39 Å². The molecular weight excluding hydrogens is 339 g/mol. The summed E-state index contributed by atoms with van der Waals surface area (Å²) in [7, 11) is 3.18. The highest BCUT2D eigenvalue weighted by Crippen LogP contribution is 2.25. The topological polar surface area (TPSA) is 51.2 Å². The van der Waals surface area contributed by atoms with Crippen molar-refractivity contribution in [3.63, 3.8) is 0 Å². The summed E-state index contributed by atoms with van der Waals surface area (Å²) >= 11 is 0. The van der Waals surface area contributed by atoms with E-state index in [0.717, 1.165) is 31.5 Å². The number of hydrogen-bond donors (Lipinski definition) is 0. The van der Waals surface area contributed by atoms with Crippen molar-refractivity contribution in [2.45, 2.75) is 25.7 Å². The molecule has 0 aliphatic carbocycles. The molecule has 0 aromatic heterocycles. The van der Waals surface area contributed by atoms with Gasteiger partial charge in [-0.3, -0.25) is 9.69 Å². The number of carbonyl (C=O) groups is 1. The predicted molar refractivity (Wildman–Crippen MR) is 94.3 cm³/mol. The molecular formula is C19H27FN2O4. The Morgan fingerprint density at radius 1 is 1.38 bits per heavy atom. The third-order valence-electron chi connectivity index (χ3n) is 5.00. The van der Waals surface area contributed by atoms with Crippen molar-refractivity contribution < 1.29 is 23.4 Å². The van der Waals surface area contributed by atoms with E-state index in [-0.39, 0.29) is 17.9 Å². The summed E-state index contributed by atoms with van der Waals surface area (Å²) in [6.07, 6.45) is 1.97. The molecule has 2 saturated heterocycles. The van der Waals surface area contributed by atoms with Crippen LogP contribution in [0.2, 0.25) is 0 Å². The quantitative estimate of drug-likeness (QED) is 0.769. The smallest absolute Gasteiger partial charge is 0.236 e. The Bertz CT molecular complexity index is 622. The van der Waals surface area contributed by atoms with Crippen molar-refractivity contribution in [2.24, 2.45) is 5.92 Å². The molecule has 1 aromatic carbocycles. The van der Waals surface area contributed by atoms with Gasteiger partial charge in [-0.15, -0.1) is 0 Å². The number of carbonyl (C=O) groups excluding carboxylic acids is 1. The molecule has 2 aliphatic heterocycles. The van der Waals surface area contributed by atoms with Crippen molar-refractivity contribution in [2.75, 3.05) is 47.0 Å². The number of ether oxygens (including phenoxy) is 3. The number of halogens is 1. The van der Waals surface area contributed by atoms with Gasteiger partial charge in [-0.25, -0.2) is 4.39 Å². The number of amides is 1. The van der Waals surface area contributed by atoms with Crippen molar-refractivity contribution in [1.82, 2.24) is 9.80 Å². The zero-order chi connectivity index (χ0) is 18.5. The number of nitrogens with zero attached hydrogens (tertiary/aromatic N) is 2. The maximum atomic E-state index is 13.8. The third-order valence-corrected chi connectivity index (χ3v) is 5.00. The van der Waals surface area contributed by atoms with Crippen molar-refractivity contribution >= 4 is 5.91 Å². The highest BCUT2D eigenvalue weighted by atomic mass is 19.1. The Morgan fingerprint density at radius 3 is 2.85 bits per heavy atom. The van der Waals surface area contributed by atoms with Crippen LogP contribution in [0, 0.1) is 11.7 Å². The molecule has 7 heteroatoms. The molecule has 1 amide bonds. The Labute approximate surface area is 153 Å². The largest absolute Gasteiger partial charge is 0.494 e. The van der Waals surface area contributed by atoms with E-state index in [1.807, 2.05) is 0 Å². The molecule has 1 unspecified atom stereocenters. The first-order valence-electron chi connectivity index (χ1n) is 9.08. The molecule has 2 heterocycles. The van der Waals surface area contributed by atoms with E-state index in [9.17, 15) is 9.18 Å². The number of likely N-dealkylation sites (tertiary alicyclic amines) is 1. The second-order valence-corrected chi connectivity index (χ2v) is 6.97. The summed E-state index contributed by atoms with van der Waals surface area (Å²) in [5.74, 6) is 0.134. The molecule has 0 spiro atoms. The van der Waals surface area contributed by atoms with Gasteiger partial charge in [0.1, 0.15) is 0 Å². The van der Waals surface area contributed by atoms with Crippen molar-refractivity contribution in [3.05, 3.63) is 29.6 Å². The summed E-state index contributed by atoms with van der Waals surface area (Å²) in [5.41, 5.74) is 0.739. The molecule has 1 atom stereocenters. The lowest BCUT2D eigenvalue weighted by atomic mass is 9.97. The van der Waals surface area contributed by atoms with E-state index >= 15 is 0 Å². The minimum Gasteiger partial charge on any atom is -0.494 e. The van der Waals surface area contributed by atoms with Crippen LogP contribution in [0.3, 0.4) is 0 Å². The van der Waals surface area contributed by atoms with Gasteiger partial charge >= 0.3 is 0 Å². The number of benzene rings is 1. The standard InChI is InChI=1S/C19H27FN2O4/c1-21(11-14-5-6-17(24-2)16(20)10-14)18(23)13-22-7-3-4-15(12-22)19-25-8-9-26-19/h5-6,10,15,19H,3-4,7-9,11-13H2,1-2H3. The van der Waals surface area contributed by atoms with Gasteiger partial charge in [0.05, 0.1) is 26.9 Å². The molecule has 0 radical (unpaired) electrons. The second kappa shape index (κ2) is 8.79. The minimum atomic E-state index is -0.415. The van der Waals surface area contributed by atoms with Crippen LogP contribution in [0.15, 0.2) is 18.2 Å². The fourth-order valence-electron chi connectivity index (χ4n) is 3.59. The first-order valence-corrected chi connectivity index (χ1v) is 9.08. The molecule has 2 aliphatic rings. The second-order valence-electron chi connectivity index (χ2n) is 6.97. The lowest BCUT2D eigenvalue weighted by Gasteiger charge is -2.35. The molecule has 144 valence electrons. The summed E-state index contributed by atoms with van der Waals surface area (Å²) < 4.78 is 30.0. The number of hydrogen-bond acceptors (Lipinski definition) is 5. The van der Waals surface area contributed by atoms with E-state index in [1.165, 1.54) is 13.2 Å². The molecule has 0 N–H and O–H groups in total. The molecule has 0 saturated carbocycles. The van der Waals surface area contributed by atoms with Gasteiger partial charge < -0.3 is 19.1 Å². The summed E-state index contributed by atoms with van der Waals surface area (Å²) in [5, 5.41) is 0. The molecule has 2 fully saturated rings. The zero-order valence-electron chi connectivity index (χ0n) is 15.4. The van der Waals surface area contributed by atoms with E-state index < -0.39 is 5.82 Å². The van der Waals surface area contributed by atoms with Crippen LogP contribution in [0.25, 0.3) is 0 Å². The number of rotatable bonds is 6. The van der Waals surface area contributed by atoms with Crippen LogP contribution >= 0.6 is 0 Å². The van der Waals surface area contributed by atoms with Gasteiger partial charge in [-0.1, -0.05) is 6.07 Å². The number of likely N-dealkylation sites (N-methyl/N-ethyl adjacent to an activating group) is 1. The first kappa shape index (κ1) is 19.1. The fourth-order valence-corrected chi connectivity index (χ4v) is 3.59. The maximum Gasteiger partial charge on any atom is 0.236 e. The Hall–Kier alpha value is -1.70. The predicted octanol–water partition coefficient (Wildman–Crippen LogP) is 1.88. The maximum absolute atomic E-state index is 13.8. The van der Waals surface area contributed by atoms with E-state index in [2.05, 4.69) is 4.90 Å². The highest BCUT2D eigenvalue weighted by molar-refractivity contribution is 5.78. The Morgan fingerprint density at radius 2 is 2.15 bits per heavy atom. The van der Waals surface area contributed by atoms with Gasteiger partial charge in [-0.05, 0) is 37.1 Å². The van der Waals surface area contributed by atoms with E-state index in [4.69, 9.17) is 14.2 Å². The Kier molecular flexibility index (Phi) is 6.45. The minimum absolute atomic E-state index is 0.0233. The Balaban J connectivity index is 1.51. The van der Waals surface area contributed by atoms with E-state index in [1.54, 1.807) is 24.1 Å². The van der Waals surface area contributed by atoms with Crippen molar-refractivity contribution in [3.8, 4) is 5.75 Å². The fraction of sp³-hybridized carbons (Fsp3) is 0.632.